The van der Waals surface area contributed by atoms with Gasteiger partial charge in [0.05, 0.1) is 11.5 Å². The third-order valence-corrected chi connectivity index (χ3v) is 5.88. The van der Waals surface area contributed by atoms with Crippen LogP contribution < -0.4 is 0 Å². The van der Waals surface area contributed by atoms with E-state index in [2.05, 4.69) is 0 Å². The van der Waals surface area contributed by atoms with Crippen molar-refractivity contribution in [3.8, 4) is 0 Å². The molecule has 1 spiro atoms. The van der Waals surface area contributed by atoms with E-state index in [0.29, 0.717) is 11.1 Å². The van der Waals surface area contributed by atoms with E-state index >= 15 is 0 Å². The molecule has 0 amide bonds. The fourth-order valence-corrected chi connectivity index (χ4v) is 5.37. The van der Waals surface area contributed by atoms with Crippen LogP contribution in [0.3, 0.4) is 0 Å². The number of hydrogen-bond donors (Lipinski definition) is 1. The molecule has 0 saturated heterocycles. The van der Waals surface area contributed by atoms with Crippen molar-refractivity contribution in [2.75, 3.05) is 0 Å². The second kappa shape index (κ2) is 2.45. The van der Waals surface area contributed by atoms with Crippen molar-refractivity contribution in [2.45, 2.75) is 12.5 Å². The van der Waals surface area contributed by atoms with Crippen molar-refractivity contribution in [1.82, 2.24) is 0 Å². The summed E-state index contributed by atoms with van der Waals surface area (Å²) in [6, 6.07) is 7.14. The lowest BCUT2D eigenvalue weighted by Crippen LogP contribution is -2.37. The molecule has 0 aliphatic heterocycles. The molecular formula is C15H12O3. The summed E-state index contributed by atoms with van der Waals surface area (Å²) in [6.07, 6.45) is 0.435. The molecule has 1 aromatic carbocycles. The SMILES string of the molecule is O=C1c2ccccc2C(=O)[C@@]23[C@@H]4[C@@H](O)[C@@H](C[C@@H]42)[C@H]13. The third kappa shape index (κ3) is 0.658. The fraction of sp³-hybridized carbons (Fsp3) is 0.467. The van der Waals surface area contributed by atoms with Crippen LogP contribution in [0.15, 0.2) is 24.3 Å². The van der Waals surface area contributed by atoms with Crippen LogP contribution in [0, 0.1) is 29.1 Å². The summed E-state index contributed by atoms with van der Waals surface area (Å²) < 4.78 is 0. The van der Waals surface area contributed by atoms with Gasteiger partial charge in [-0.1, -0.05) is 24.3 Å². The van der Waals surface area contributed by atoms with Gasteiger partial charge in [0.15, 0.2) is 11.6 Å². The number of hydrogen-bond acceptors (Lipinski definition) is 3. The summed E-state index contributed by atoms with van der Waals surface area (Å²) in [5, 5.41) is 10.2. The highest BCUT2D eigenvalue weighted by Gasteiger charge is 2.88. The normalized spacial score (nSPS) is 50.2. The van der Waals surface area contributed by atoms with Gasteiger partial charge in [-0.25, -0.2) is 0 Å². The Kier molecular flexibility index (Phi) is 1.29. The van der Waals surface area contributed by atoms with Gasteiger partial charge in [-0.3, -0.25) is 9.59 Å². The largest absolute Gasteiger partial charge is 0.392 e. The van der Waals surface area contributed by atoms with Gasteiger partial charge < -0.3 is 5.11 Å². The Bertz CT molecular complexity index is 632. The summed E-state index contributed by atoms with van der Waals surface area (Å²) in [7, 11) is 0. The Morgan fingerprint density at radius 1 is 1.17 bits per heavy atom. The lowest BCUT2D eigenvalue weighted by Gasteiger charge is -2.28. The van der Waals surface area contributed by atoms with Gasteiger partial charge in [-0.05, 0) is 18.3 Å². The van der Waals surface area contributed by atoms with Crippen molar-refractivity contribution in [2.24, 2.45) is 29.1 Å². The first kappa shape index (κ1) is 9.45. The van der Waals surface area contributed by atoms with E-state index in [-0.39, 0.29) is 35.2 Å². The van der Waals surface area contributed by atoms with Gasteiger partial charge in [0.2, 0.25) is 0 Å². The standard InChI is InChI=1S/C15H12O3/c16-12-6-3-1-2-4-7(6)14(18)15-9-5-8(10(12)15)13(17)11(9)15/h1-4,8-11,13,17H,5H2/t8-,9-,10+,11-,13-,15-/m0/s1. The van der Waals surface area contributed by atoms with E-state index in [9.17, 15) is 14.7 Å². The van der Waals surface area contributed by atoms with Gasteiger partial charge in [0.25, 0.3) is 0 Å². The van der Waals surface area contributed by atoms with Crippen LogP contribution in [-0.4, -0.2) is 22.8 Å². The molecule has 1 N–H and O–H groups in total. The number of carbonyl (C=O) groups is 2. The molecule has 1 aromatic rings. The molecule has 0 unspecified atom stereocenters. The van der Waals surface area contributed by atoms with Crippen molar-refractivity contribution < 1.29 is 14.7 Å². The number of aliphatic hydroxyl groups is 1. The molecular weight excluding hydrogens is 228 g/mol. The molecule has 5 aliphatic rings. The number of carbonyl (C=O) groups excluding carboxylic acids is 2. The molecule has 6 rings (SSSR count). The predicted octanol–water partition coefficient (Wildman–Crippen LogP) is 1.31. The summed E-state index contributed by atoms with van der Waals surface area (Å²) in [6.45, 7) is 0. The van der Waals surface area contributed by atoms with Crippen molar-refractivity contribution >= 4 is 11.6 Å². The monoisotopic (exact) mass is 240 g/mol. The molecule has 0 aromatic heterocycles. The highest BCUT2D eigenvalue weighted by molar-refractivity contribution is 6.20. The summed E-state index contributed by atoms with van der Waals surface area (Å²) in [4.78, 5) is 25.3. The zero-order valence-electron chi connectivity index (χ0n) is 9.67. The smallest absolute Gasteiger partial charge is 0.171 e. The number of aliphatic hydroxyl groups excluding tert-OH is 1. The minimum Gasteiger partial charge on any atom is -0.392 e. The van der Waals surface area contributed by atoms with Crippen LogP contribution in [0.5, 0.6) is 0 Å². The van der Waals surface area contributed by atoms with Crippen LogP contribution in [-0.2, 0) is 0 Å². The molecule has 0 radical (unpaired) electrons. The molecule has 3 heteroatoms. The second-order valence-electron chi connectivity index (χ2n) is 6.17. The fourth-order valence-electron chi connectivity index (χ4n) is 5.37. The first-order valence-corrected chi connectivity index (χ1v) is 6.55. The van der Waals surface area contributed by atoms with Crippen LogP contribution in [0.1, 0.15) is 27.1 Å². The van der Waals surface area contributed by atoms with Gasteiger partial charge in [0, 0.05) is 23.0 Å². The number of fused-ring (bicyclic) bond motifs is 1. The quantitative estimate of drug-likeness (QED) is 0.743. The maximum absolute atomic E-state index is 12.7. The summed E-state index contributed by atoms with van der Waals surface area (Å²) in [5.74, 6) is 0.354. The van der Waals surface area contributed by atoms with Crippen LogP contribution >= 0.6 is 0 Å². The molecule has 3 nitrogen and oxygen atoms in total. The van der Waals surface area contributed by atoms with Gasteiger partial charge >= 0.3 is 0 Å². The maximum atomic E-state index is 12.7. The van der Waals surface area contributed by atoms with Gasteiger partial charge in [-0.2, -0.15) is 0 Å². The minimum absolute atomic E-state index is 0.0322. The van der Waals surface area contributed by atoms with Crippen LogP contribution in [0.2, 0.25) is 0 Å². The van der Waals surface area contributed by atoms with Crippen molar-refractivity contribution in [3.63, 3.8) is 0 Å². The zero-order chi connectivity index (χ0) is 12.2. The predicted molar refractivity (Wildman–Crippen MR) is 62.1 cm³/mol. The Morgan fingerprint density at radius 2 is 1.89 bits per heavy atom. The van der Waals surface area contributed by atoms with E-state index in [1.165, 1.54) is 0 Å². The third-order valence-electron chi connectivity index (χ3n) is 5.88. The first-order chi connectivity index (χ1) is 8.69. The van der Waals surface area contributed by atoms with E-state index in [4.69, 9.17) is 0 Å². The molecule has 18 heavy (non-hydrogen) atoms. The van der Waals surface area contributed by atoms with Crippen molar-refractivity contribution in [1.29, 1.82) is 0 Å². The maximum Gasteiger partial charge on any atom is 0.171 e. The Balaban J connectivity index is 1.82. The average molecular weight is 240 g/mol. The van der Waals surface area contributed by atoms with E-state index < -0.39 is 11.5 Å². The molecule has 4 fully saturated rings. The highest BCUT2D eigenvalue weighted by Crippen LogP contribution is 2.83. The molecule has 5 aliphatic carbocycles. The summed E-state index contributed by atoms with van der Waals surface area (Å²) in [5.41, 5.74) is 0.653. The average Bonchev–Trinajstić information content (AvgIpc) is 2.66. The van der Waals surface area contributed by atoms with Gasteiger partial charge in [0.1, 0.15) is 0 Å². The molecule has 6 atom stereocenters. The number of ketones is 2. The lowest BCUT2D eigenvalue weighted by atomic mass is 9.72. The van der Waals surface area contributed by atoms with Crippen molar-refractivity contribution in [3.05, 3.63) is 35.4 Å². The second-order valence-corrected chi connectivity index (χ2v) is 6.17. The summed E-state index contributed by atoms with van der Waals surface area (Å²) >= 11 is 0. The number of Topliss-reactive ketones (excluding diaryl/α,β-unsaturated/α-hetero) is 2. The Morgan fingerprint density at radius 3 is 2.56 bits per heavy atom. The highest BCUT2D eigenvalue weighted by atomic mass is 16.3. The Labute approximate surface area is 104 Å². The molecule has 4 saturated carbocycles. The van der Waals surface area contributed by atoms with E-state index in [0.717, 1.165) is 6.42 Å². The van der Waals surface area contributed by atoms with Gasteiger partial charge in [-0.15, -0.1) is 0 Å². The molecule has 90 valence electrons. The topological polar surface area (TPSA) is 54.4 Å². The number of benzene rings is 1. The van der Waals surface area contributed by atoms with E-state index in [1.54, 1.807) is 12.1 Å². The molecule has 0 heterocycles. The molecule has 4 bridgehead atoms. The number of rotatable bonds is 0. The zero-order valence-corrected chi connectivity index (χ0v) is 9.67. The minimum atomic E-state index is -0.504. The van der Waals surface area contributed by atoms with Crippen LogP contribution in [0.4, 0.5) is 0 Å². The first-order valence-electron chi connectivity index (χ1n) is 6.55. The van der Waals surface area contributed by atoms with E-state index in [1.807, 2.05) is 12.1 Å². The Hall–Kier alpha value is -1.48. The lowest BCUT2D eigenvalue weighted by molar-refractivity contribution is 0.0692. The van der Waals surface area contributed by atoms with Crippen LogP contribution in [0.25, 0.3) is 0 Å².